The van der Waals surface area contributed by atoms with Crippen molar-refractivity contribution in [3.8, 4) is 0 Å². The van der Waals surface area contributed by atoms with Crippen LogP contribution in [0.15, 0.2) is 39.1 Å². The SMILES string of the molecule is Cc1cc(Br)ccc1SCC(=O)N(C)c1nccs1. The van der Waals surface area contributed by atoms with Crippen LogP contribution in [0.4, 0.5) is 5.13 Å². The predicted octanol–water partition coefficient (Wildman–Crippen LogP) is 3.97. The molecule has 0 unspecified atom stereocenters. The Kier molecular flexibility index (Phi) is 5.01. The summed E-state index contributed by atoms with van der Waals surface area (Å²) in [6.45, 7) is 2.04. The molecule has 1 aromatic heterocycles. The van der Waals surface area contributed by atoms with Gasteiger partial charge in [0.05, 0.1) is 5.75 Å². The summed E-state index contributed by atoms with van der Waals surface area (Å²) in [4.78, 5) is 18.9. The zero-order valence-electron chi connectivity index (χ0n) is 10.6. The molecule has 0 atom stereocenters. The summed E-state index contributed by atoms with van der Waals surface area (Å²) >= 11 is 6.45. The summed E-state index contributed by atoms with van der Waals surface area (Å²) in [7, 11) is 1.76. The van der Waals surface area contributed by atoms with Crippen molar-refractivity contribution in [1.82, 2.24) is 4.98 Å². The fourth-order valence-corrected chi connectivity index (χ4v) is 3.52. The summed E-state index contributed by atoms with van der Waals surface area (Å²) in [5.41, 5.74) is 1.17. The van der Waals surface area contributed by atoms with Crippen LogP contribution < -0.4 is 4.90 Å². The molecule has 0 aliphatic heterocycles. The molecule has 19 heavy (non-hydrogen) atoms. The van der Waals surface area contributed by atoms with E-state index in [1.165, 1.54) is 16.9 Å². The predicted molar refractivity (Wildman–Crippen MR) is 85.1 cm³/mol. The van der Waals surface area contributed by atoms with Gasteiger partial charge < -0.3 is 0 Å². The van der Waals surface area contributed by atoms with Crippen LogP contribution in [0.5, 0.6) is 0 Å². The molecule has 0 aliphatic rings. The second kappa shape index (κ2) is 6.54. The smallest absolute Gasteiger partial charge is 0.238 e. The Morgan fingerprint density at radius 1 is 1.53 bits per heavy atom. The lowest BCUT2D eigenvalue weighted by molar-refractivity contribution is -0.115. The van der Waals surface area contributed by atoms with E-state index in [9.17, 15) is 4.79 Å². The van der Waals surface area contributed by atoms with Crippen molar-refractivity contribution in [3.05, 3.63) is 39.8 Å². The molecule has 1 amide bonds. The van der Waals surface area contributed by atoms with Crippen molar-refractivity contribution in [1.29, 1.82) is 0 Å². The topological polar surface area (TPSA) is 33.2 Å². The van der Waals surface area contributed by atoms with Gasteiger partial charge in [0.2, 0.25) is 5.91 Å². The quantitative estimate of drug-likeness (QED) is 0.777. The molecule has 3 nitrogen and oxygen atoms in total. The number of hydrogen-bond acceptors (Lipinski definition) is 4. The van der Waals surface area contributed by atoms with Gasteiger partial charge in [-0.2, -0.15) is 0 Å². The van der Waals surface area contributed by atoms with Crippen molar-refractivity contribution < 1.29 is 4.79 Å². The Morgan fingerprint density at radius 3 is 2.95 bits per heavy atom. The first kappa shape index (κ1) is 14.6. The van der Waals surface area contributed by atoms with Gasteiger partial charge in [-0.25, -0.2) is 4.98 Å². The fraction of sp³-hybridized carbons (Fsp3) is 0.231. The highest BCUT2D eigenvalue weighted by atomic mass is 79.9. The van der Waals surface area contributed by atoms with E-state index in [2.05, 4.69) is 27.0 Å². The number of aryl methyl sites for hydroxylation is 1. The molecule has 6 heteroatoms. The van der Waals surface area contributed by atoms with Gasteiger partial charge in [-0.1, -0.05) is 15.9 Å². The fourth-order valence-electron chi connectivity index (χ4n) is 1.50. The van der Waals surface area contributed by atoms with Gasteiger partial charge in [-0.3, -0.25) is 9.69 Å². The third-order valence-corrected chi connectivity index (χ3v) is 5.07. The zero-order valence-corrected chi connectivity index (χ0v) is 13.8. The first-order valence-electron chi connectivity index (χ1n) is 5.63. The first-order chi connectivity index (χ1) is 9.08. The molecule has 1 heterocycles. The van der Waals surface area contributed by atoms with E-state index < -0.39 is 0 Å². The lowest BCUT2D eigenvalue weighted by Gasteiger charge is -2.13. The van der Waals surface area contributed by atoms with E-state index in [-0.39, 0.29) is 5.91 Å². The Balaban J connectivity index is 1.97. The minimum atomic E-state index is 0.0577. The molecule has 0 bridgehead atoms. The van der Waals surface area contributed by atoms with Gasteiger partial charge in [-0.05, 0) is 30.7 Å². The highest BCUT2D eigenvalue weighted by molar-refractivity contribution is 9.10. The Labute approximate surface area is 129 Å². The van der Waals surface area contributed by atoms with Gasteiger partial charge >= 0.3 is 0 Å². The second-order valence-electron chi connectivity index (χ2n) is 3.97. The number of rotatable bonds is 4. The minimum Gasteiger partial charge on any atom is -0.291 e. The number of carbonyl (C=O) groups is 1. The van der Waals surface area contributed by atoms with Gasteiger partial charge in [-0.15, -0.1) is 23.1 Å². The largest absolute Gasteiger partial charge is 0.291 e. The van der Waals surface area contributed by atoms with E-state index in [1.807, 2.05) is 24.4 Å². The van der Waals surface area contributed by atoms with Crippen molar-refractivity contribution in [2.45, 2.75) is 11.8 Å². The minimum absolute atomic E-state index is 0.0577. The zero-order chi connectivity index (χ0) is 13.8. The lowest BCUT2D eigenvalue weighted by Crippen LogP contribution is -2.27. The van der Waals surface area contributed by atoms with Crippen LogP contribution in [-0.4, -0.2) is 23.7 Å². The van der Waals surface area contributed by atoms with E-state index in [1.54, 1.807) is 29.9 Å². The van der Waals surface area contributed by atoms with Gasteiger partial charge in [0.1, 0.15) is 0 Å². The summed E-state index contributed by atoms with van der Waals surface area (Å²) in [5, 5.41) is 2.60. The van der Waals surface area contributed by atoms with Crippen LogP contribution in [0.2, 0.25) is 0 Å². The van der Waals surface area contributed by atoms with Crippen LogP contribution >= 0.6 is 39.0 Å². The highest BCUT2D eigenvalue weighted by Crippen LogP contribution is 2.26. The number of carbonyl (C=O) groups excluding carboxylic acids is 1. The van der Waals surface area contributed by atoms with Crippen molar-refractivity contribution in [3.63, 3.8) is 0 Å². The maximum atomic E-state index is 12.1. The summed E-state index contributed by atoms with van der Waals surface area (Å²) < 4.78 is 1.06. The number of amides is 1. The van der Waals surface area contributed by atoms with Gasteiger partial charge in [0.25, 0.3) is 0 Å². The van der Waals surface area contributed by atoms with Gasteiger partial charge in [0.15, 0.2) is 5.13 Å². The average molecular weight is 357 g/mol. The molecule has 2 aromatic rings. The van der Waals surface area contributed by atoms with Crippen LogP contribution in [0, 0.1) is 6.92 Å². The molecular weight excluding hydrogens is 344 g/mol. The molecule has 0 saturated heterocycles. The van der Waals surface area contributed by atoms with E-state index in [0.717, 1.165) is 14.5 Å². The molecule has 0 aliphatic carbocycles. The molecule has 2 rings (SSSR count). The van der Waals surface area contributed by atoms with Crippen LogP contribution in [0.3, 0.4) is 0 Å². The molecule has 100 valence electrons. The molecule has 0 N–H and O–H groups in total. The van der Waals surface area contributed by atoms with Gasteiger partial charge in [0, 0.05) is 28.0 Å². The maximum Gasteiger partial charge on any atom is 0.238 e. The molecule has 1 aromatic carbocycles. The summed E-state index contributed by atoms with van der Waals surface area (Å²) in [5.74, 6) is 0.473. The second-order valence-corrected chi connectivity index (χ2v) is 6.77. The first-order valence-corrected chi connectivity index (χ1v) is 8.29. The third-order valence-electron chi connectivity index (χ3n) is 2.57. The number of hydrogen-bond donors (Lipinski definition) is 0. The molecule has 0 spiro atoms. The van der Waals surface area contributed by atoms with E-state index >= 15 is 0 Å². The Hall–Kier alpha value is -0.850. The number of thioether (sulfide) groups is 1. The molecular formula is C13H13BrN2OS2. The van der Waals surface area contributed by atoms with Crippen molar-refractivity contribution in [2.24, 2.45) is 0 Å². The van der Waals surface area contributed by atoms with Crippen LogP contribution in [-0.2, 0) is 4.79 Å². The molecule has 0 radical (unpaired) electrons. The Bertz CT molecular complexity index is 572. The molecule has 0 saturated carbocycles. The maximum absolute atomic E-state index is 12.1. The number of halogens is 1. The van der Waals surface area contributed by atoms with E-state index in [4.69, 9.17) is 0 Å². The monoisotopic (exact) mass is 356 g/mol. The number of nitrogens with zero attached hydrogens (tertiary/aromatic N) is 2. The lowest BCUT2D eigenvalue weighted by atomic mass is 10.2. The summed E-state index contributed by atoms with van der Waals surface area (Å²) in [6.07, 6.45) is 1.70. The highest BCUT2D eigenvalue weighted by Gasteiger charge is 2.13. The van der Waals surface area contributed by atoms with Crippen molar-refractivity contribution >= 4 is 50.1 Å². The number of thiazole rings is 1. The van der Waals surface area contributed by atoms with E-state index in [0.29, 0.717) is 5.75 Å². The normalized spacial score (nSPS) is 10.5. The standard InChI is InChI=1S/C13H13BrN2OS2/c1-9-7-10(14)3-4-11(9)19-8-12(17)16(2)13-15-5-6-18-13/h3-7H,8H2,1-2H3. The Morgan fingerprint density at radius 2 is 2.32 bits per heavy atom. The average Bonchev–Trinajstić information content (AvgIpc) is 2.90. The summed E-state index contributed by atoms with van der Waals surface area (Å²) in [6, 6.07) is 6.07. The number of benzene rings is 1. The van der Waals surface area contributed by atoms with Crippen LogP contribution in [0.1, 0.15) is 5.56 Å². The molecule has 0 fully saturated rings. The number of aromatic nitrogens is 1. The number of anilines is 1. The third kappa shape index (κ3) is 3.81. The van der Waals surface area contributed by atoms with Crippen LogP contribution in [0.25, 0.3) is 0 Å². The van der Waals surface area contributed by atoms with Crippen molar-refractivity contribution in [2.75, 3.05) is 17.7 Å².